The van der Waals surface area contributed by atoms with E-state index in [9.17, 15) is 24.5 Å². The van der Waals surface area contributed by atoms with E-state index in [1.54, 1.807) is 19.2 Å². The van der Waals surface area contributed by atoms with Gasteiger partial charge in [-0.1, -0.05) is 0 Å². The Labute approximate surface area is 196 Å². The van der Waals surface area contributed by atoms with Gasteiger partial charge in [-0.3, -0.25) is 35.2 Å². The molecule has 3 heterocycles. The van der Waals surface area contributed by atoms with E-state index in [0.29, 0.717) is 0 Å². The van der Waals surface area contributed by atoms with Crippen molar-refractivity contribution in [1.29, 1.82) is 0 Å². The molecule has 0 spiro atoms. The van der Waals surface area contributed by atoms with Gasteiger partial charge in [-0.25, -0.2) is 4.79 Å². The fourth-order valence-corrected chi connectivity index (χ4v) is 5.78. The zero-order chi connectivity index (χ0) is 23.7. The minimum Gasteiger partial charge on any atom is -0.342 e. The van der Waals surface area contributed by atoms with Gasteiger partial charge in [0.2, 0.25) is 11.8 Å². The molecular formula is C21H28N6O5S. The zero-order valence-electron chi connectivity index (χ0n) is 18.6. The van der Waals surface area contributed by atoms with Gasteiger partial charge in [0, 0.05) is 39.3 Å². The number of piperidine rings is 1. The molecule has 0 bridgehead atoms. The number of nitro benzene ring substituents is 1. The summed E-state index contributed by atoms with van der Waals surface area (Å²) in [6.07, 6.45) is 2.11. The molecule has 33 heavy (non-hydrogen) atoms. The van der Waals surface area contributed by atoms with Crippen molar-refractivity contribution in [2.75, 3.05) is 32.9 Å². The summed E-state index contributed by atoms with van der Waals surface area (Å²) in [4.78, 5) is 53.4. The van der Waals surface area contributed by atoms with Gasteiger partial charge in [-0.15, -0.1) is 11.8 Å². The lowest BCUT2D eigenvalue weighted by atomic mass is 9.96. The van der Waals surface area contributed by atoms with Crippen LogP contribution in [0.1, 0.15) is 31.0 Å². The van der Waals surface area contributed by atoms with Crippen LogP contribution < -0.4 is 10.6 Å². The molecule has 0 saturated carbocycles. The minimum atomic E-state index is -0.592. The maximum atomic E-state index is 13.0. The summed E-state index contributed by atoms with van der Waals surface area (Å²) in [6, 6.07) is 5.71. The standard InChI is InChI=1S/C21H28N6O5S/c1-24-18-16(20(29)25(2)21(24)30)19(33-12-15(28)26-10-4-3-5-11-26)23-17(22-18)13-6-8-14(9-7-13)27(31)32/h6-9,16-19,22-23H,3-5,10-12H2,1-2H3. The van der Waals surface area contributed by atoms with E-state index >= 15 is 0 Å². The van der Waals surface area contributed by atoms with E-state index in [0.717, 1.165) is 42.8 Å². The molecule has 0 aliphatic carbocycles. The number of hydrogen-bond acceptors (Lipinski definition) is 8. The highest BCUT2D eigenvalue weighted by Gasteiger charge is 2.51. The number of non-ortho nitro benzene ring substituents is 1. The Morgan fingerprint density at radius 2 is 1.79 bits per heavy atom. The van der Waals surface area contributed by atoms with Gasteiger partial charge in [-0.05, 0) is 37.0 Å². The molecule has 4 rings (SSSR count). The summed E-state index contributed by atoms with van der Waals surface area (Å²) < 4.78 is 0. The lowest BCUT2D eigenvalue weighted by molar-refractivity contribution is -0.384. The van der Waals surface area contributed by atoms with Crippen molar-refractivity contribution < 1.29 is 19.3 Å². The Bertz CT molecular complexity index is 938. The number of hydrogen-bond donors (Lipinski definition) is 2. The number of nitrogens with one attached hydrogen (secondary N) is 2. The van der Waals surface area contributed by atoms with Gasteiger partial charge < -0.3 is 9.80 Å². The number of nitro groups is 1. The van der Waals surface area contributed by atoms with Crippen molar-refractivity contribution in [2.24, 2.45) is 5.92 Å². The van der Waals surface area contributed by atoms with E-state index in [1.807, 2.05) is 4.90 Å². The lowest BCUT2D eigenvalue weighted by Gasteiger charge is -2.50. The molecule has 3 aliphatic heterocycles. The predicted octanol–water partition coefficient (Wildman–Crippen LogP) is 1.32. The summed E-state index contributed by atoms with van der Waals surface area (Å²) in [7, 11) is 3.09. The largest absolute Gasteiger partial charge is 0.342 e. The van der Waals surface area contributed by atoms with Gasteiger partial charge in [0.25, 0.3) is 5.69 Å². The van der Waals surface area contributed by atoms with E-state index in [4.69, 9.17) is 0 Å². The van der Waals surface area contributed by atoms with E-state index < -0.39 is 34.6 Å². The van der Waals surface area contributed by atoms with E-state index in [1.165, 1.54) is 35.8 Å². The number of likely N-dealkylation sites (tertiary alicyclic amines) is 1. The third kappa shape index (κ3) is 4.68. The molecule has 0 aromatic heterocycles. The predicted molar refractivity (Wildman–Crippen MR) is 122 cm³/mol. The topological polar surface area (TPSA) is 128 Å². The second kappa shape index (κ2) is 9.65. The molecule has 4 atom stereocenters. The molecule has 3 saturated heterocycles. The third-order valence-corrected chi connectivity index (χ3v) is 7.69. The number of rotatable bonds is 5. The van der Waals surface area contributed by atoms with Crippen LogP contribution in [0.25, 0.3) is 0 Å². The SMILES string of the molecule is CN1C(=O)C2C(SCC(=O)N3CCCCC3)NC(c3ccc([N+](=O)[O-])cc3)NC2N(C)C1=O. The summed E-state index contributed by atoms with van der Waals surface area (Å²) in [6.45, 7) is 1.52. The van der Waals surface area contributed by atoms with Crippen LogP contribution in [0.15, 0.2) is 24.3 Å². The quantitative estimate of drug-likeness (QED) is 0.481. The molecule has 2 N–H and O–H groups in total. The minimum absolute atomic E-state index is 0.0211. The van der Waals surface area contributed by atoms with Gasteiger partial charge in [0.15, 0.2) is 0 Å². The summed E-state index contributed by atoms with van der Waals surface area (Å²) in [5.74, 6) is -0.633. The Balaban J connectivity index is 1.55. The molecule has 0 radical (unpaired) electrons. The summed E-state index contributed by atoms with van der Waals surface area (Å²) in [5.41, 5.74) is 0.714. The second-order valence-corrected chi connectivity index (χ2v) is 9.68. The number of imide groups is 1. The fraction of sp³-hybridized carbons (Fsp3) is 0.571. The van der Waals surface area contributed by atoms with E-state index in [2.05, 4.69) is 10.6 Å². The van der Waals surface area contributed by atoms with Crippen LogP contribution in [0, 0.1) is 16.0 Å². The maximum Gasteiger partial charge on any atom is 0.327 e. The average molecular weight is 477 g/mol. The smallest absolute Gasteiger partial charge is 0.327 e. The van der Waals surface area contributed by atoms with E-state index in [-0.39, 0.29) is 23.3 Å². The van der Waals surface area contributed by atoms with Gasteiger partial charge in [0.1, 0.15) is 0 Å². The van der Waals surface area contributed by atoms with Crippen LogP contribution in [0.5, 0.6) is 0 Å². The number of benzene rings is 1. The second-order valence-electron chi connectivity index (χ2n) is 8.55. The average Bonchev–Trinajstić information content (AvgIpc) is 2.84. The summed E-state index contributed by atoms with van der Waals surface area (Å²) >= 11 is 1.36. The first-order chi connectivity index (χ1) is 15.8. The monoisotopic (exact) mass is 476 g/mol. The first kappa shape index (κ1) is 23.5. The van der Waals surface area contributed by atoms with Crippen LogP contribution in [0.3, 0.4) is 0 Å². The Morgan fingerprint density at radius 1 is 1.12 bits per heavy atom. The van der Waals surface area contributed by atoms with Crippen molar-refractivity contribution in [3.05, 3.63) is 39.9 Å². The lowest BCUT2D eigenvalue weighted by Crippen LogP contribution is -2.72. The van der Waals surface area contributed by atoms with Crippen molar-refractivity contribution in [1.82, 2.24) is 25.3 Å². The Morgan fingerprint density at radius 3 is 2.42 bits per heavy atom. The Kier molecular flexibility index (Phi) is 6.86. The molecule has 4 amide bonds. The number of carbonyl (C=O) groups excluding carboxylic acids is 3. The molecular weight excluding hydrogens is 448 g/mol. The molecule has 11 nitrogen and oxygen atoms in total. The molecule has 4 unspecified atom stereocenters. The highest BCUT2D eigenvalue weighted by atomic mass is 32.2. The summed E-state index contributed by atoms with van der Waals surface area (Å²) in [5, 5.41) is 17.3. The molecule has 1 aromatic carbocycles. The first-order valence-electron chi connectivity index (χ1n) is 11.0. The number of nitrogens with zero attached hydrogens (tertiary/aromatic N) is 4. The van der Waals surface area contributed by atoms with Crippen LogP contribution in [-0.2, 0) is 9.59 Å². The van der Waals surface area contributed by atoms with Crippen molar-refractivity contribution in [3.8, 4) is 0 Å². The fourth-order valence-electron chi connectivity index (χ4n) is 4.58. The maximum absolute atomic E-state index is 13.0. The number of urea groups is 1. The number of thioether (sulfide) groups is 1. The van der Waals surface area contributed by atoms with Gasteiger partial charge in [-0.2, -0.15) is 0 Å². The third-order valence-electron chi connectivity index (χ3n) is 6.49. The molecule has 3 aliphatic rings. The molecule has 12 heteroatoms. The van der Waals surface area contributed by atoms with Gasteiger partial charge >= 0.3 is 6.03 Å². The van der Waals surface area contributed by atoms with Crippen LogP contribution >= 0.6 is 11.8 Å². The highest BCUT2D eigenvalue weighted by molar-refractivity contribution is 8.00. The van der Waals surface area contributed by atoms with Crippen LogP contribution in [0.4, 0.5) is 10.5 Å². The van der Waals surface area contributed by atoms with Crippen molar-refractivity contribution >= 4 is 35.3 Å². The Hall–Kier alpha value is -2.70. The van der Waals surface area contributed by atoms with Gasteiger partial charge in [0.05, 0.1) is 34.3 Å². The highest BCUT2D eigenvalue weighted by Crippen LogP contribution is 2.34. The van der Waals surface area contributed by atoms with Crippen LogP contribution in [0.2, 0.25) is 0 Å². The first-order valence-corrected chi connectivity index (χ1v) is 12.0. The number of carbonyl (C=O) groups is 3. The number of fused-ring (bicyclic) bond motifs is 1. The van der Waals surface area contributed by atoms with Crippen molar-refractivity contribution in [3.63, 3.8) is 0 Å². The van der Waals surface area contributed by atoms with Crippen LogP contribution in [-0.4, -0.2) is 81.9 Å². The molecule has 3 fully saturated rings. The zero-order valence-corrected chi connectivity index (χ0v) is 19.4. The van der Waals surface area contributed by atoms with Crippen molar-refractivity contribution in [2.45, 2.75) is 37.0 Å². The normalized spacial score (nSPS) is 28.0. The molecule has 178 valence electrons. The number of amides is 4. The molecule has 1 aromatic rings.